The van der Waals surface area contributed by atoms with Gasteiger partial charge >= 0.3 is 0 Å². The maximum atomic E-state index is 10.7. The van der Waals surface area contributed by atoms with Crippen molar-refractivity contribution < 1.29 is 4.92 Å². The molecule has 1 aromatic heterocycles. The summed E-state index contributed by atoms with van der Waals surface area (Å²) in [7, 11) is 0. The Morgan fingerprint density at radius 2 is 2.22 bits per heavy atom. The quantitative estimate of drug-likeness (QED) is 0.489. The van der Waals surface area contributed by atoms with Gasteiger partial charge in [-0.05, 0) is 64.0 Å². The molecule has 2 aromatic rings. The monoisotopic (exact) mass is 374 g/mol. The van der Waals surface area contributed by atoms with Crippen LogP contribution in [-0.2, 0) is 0 Å². The summed E-state index contributed by atoms with van der Waals surface area (Å²) in [4.78, 5) is 10.4. The van der Waals surface area contributed by atoms with Crippen molar-refractivity contribution in [2.24, 2.45) is 0 Å². The van der Waals surface area contributed by atoms with Crippen LogP contribution in [0.2, 0.25) is 0 Å². The minimum atomic E-state index is -0.367. The van der Waals surface area contributed by atoms with Crippen LogP contribution in [0.5, 0.6) is 0 Å². The molecule has 1 unspecified atom stereocenters. The van der Waals surface area contributed by atoms with Gasteiger partial charge in [0.15, 0.2) is 0 Å². The lowest BCUT2D eigenvalue weighted by atomic mass is 10.1. The topological polar surface area (TPSA) is 55.2 Å². The highest BCUT2D eigenvalue weighted by Crippen LogP contribution is 2.27. The zero-order valence-electron chi connectivity index (χ0n) is 9.59. The van der Waals surface area contributed by atoms with E-state index in [1.165, 1.54) is 11.6 Å². The number of nitro benzene ring substituents is 1. The number of halogens is 1. The number of hydrogen-bond donors (Lipinski definition) is 1. The molecule has 0 fully saturated rings. The second kappa shape index (κ2) is 5.66. The van der Waals surface area contributed by atoms with Gasteiger partial charge in [-0.3, -0.25) is 10.1 Å². The molecule has 0 aliphatic carbocycles. The molecular weight excluding hydrogens is 363 g/mol. The summed E-state index contributed by atoms with van der Waals surface area (Å²) in [6.07, 6.45) is 0. The molecule has 2 rings (SSSR count). The van der Waals surface area contributed by atoms with Gasteiger partial charge in [0.25, 0.3) is 5.69 Å². The number of hydrogen-bond acceptors (Lipinski definition) is 4. The summed E-state index contributed by atoms with van der Waals surface area (Å²) in [6.45, 7) is 2.07. The van der Waals surface area contributed by atoms with E-state index in [1.54, 1.807) is 23.5 Å². The molecule has 0 spiro atoms. The second-order valence-electron chi connectivity index (χ2n) is 3.85. The van der Waals surface area contributed by atoms with Gasteiger partial charge in [0.05, 0.1) is 8.49 Å². The molecule has 18 heavy (non-hydrogen) atoms. The number of anilines is 1. The molecule has 94 valence electrons. The zero-order chi connectivity index (χ0) is 13.1. The molecule has 1 N–H and O–H groups in total. The number of nitrogens with zero attached hydrogens (tertiary/aromatic N) is 1. The zero-order valence-corrected chi connectivity index (χ0v) is 12.6. The van der Waals surface area contributed by atoms with Crippen LogP contribution in [0.15, 0.2) is 35.0 Å². The van der Waals surface area contributed by atoms with E-state index in [9.17, 15) is 10.1 Å². The summed E-state index contributed by atoms with van der Waals surface area (Å²) < 4.78 is 0.639. The van der Waals surface area contributed by atoms with E-state index in [1.807, 2.05) is 28.0 Å². The molecule has 0 radical (unpaired) electrons. The van der Waals surface area contributed by atoms with Gasteiger partial charge in [0, 0.05) is 17.8 Å². The summed E-state index contributed by atoms with van der Waals surface area (Å²) >= 11 is 3.64. The van der Waals surface area contributed by atoms with Crippen LogP contribution < -0.4 is 5.32 Å². The Morgan fingerprint density at radius 3 is 2.78 bits per heavy atom. The lowest BCUT2D eigenvalue weighted by Crippen LogP contribution is -2.05. The minimum Gasteiger partial charge on any atom is -0.378 e. The van der Waals surface area contributed by atoms with E-state index < -0.39 is 0 Å². The van der Waals surface area contributed by atoms with E-state index in [4.69, 9.17) is 0 Å². The van der Waals surface area contributed by atoms with Gasteiger partial charge in [-0.25, -0.2) is 0 Å². The average Bonchev–Trinajstić information content (AvgIpc) is 2.81. The summed E-state index contributed by atoms with van der Waals surface area (Å²) in [5.41, 5.74) is 2.25. The largest absolute Gasteiger partial charge is 0.378 e. The van der Waals surface area contributed by atoms with Crippen molar-refractivity contribution in [3.05, 3.63) is 54.3 Å². The van der Waals surface area contributed by atoms with E-state index in [0.29, 0.717) is 3.57 Å². The molecule has 0 saturated heterocycles. The predicted molar refractivity (Wildman–Crippen MR) is 82.2 cm³/mol. The van der Waals surface area contributed by atoms with Gasteiger partial charge in [-0.1, -0.05) is 0 Å². The lowest BCUT2D eigenvalue weighted by molar-refractivity contribution is -0.385. The van der Waals surface area contributed by atoms with Crippen molar-refractivity contribution in [2.75, 3.05) is 5.32 Å². The van der Waals surface area contributed by atoms with E-state index in [2.05, 4.69) is 23.7 Å². The van der Waals surface area contributed by atoms with Crippen molar-refractivity contribution in [3.8, 4) is 0 Å². The Kier molecular flexibility index (Phi) is 4.18. The normalized spacial score (nSPS) is 12.1. The summed E-state index contributed by atoms with van der Waals surface area (Å²) in [5, 5.41) is 18.2. The number of benzene rings is 1. The third-order valence-corrected chi connectivity index (χ3v) is 4.14. The third kappa shape index (κ3) is 2.99. The number of nitro groups is 1. The first-order valence-electron chi connectivity index (χ1n) is 5.30. The van der Waals surface area contributed by atoms with Gasteiger partial charge in [0.2, 0.25) is 0 Å². The van der Waals surface area contributed by atoms with E-state index in [0.717, 1.165) is 5.69 Å². The Labute approximate surface area is 122 Å². The highest BCUT2D eigenvalue weighted by atomic mass is 127. The Hall–Kier alpha value is -1.15. The van der Waals surface area contributed by atoms with Crippen LogP contribution in [0.4, 0.5) is 11.4 Å². The van der Waals surface area contributed by atoms with Crippen LogP contribution in [-0.4, -0.2) is 4.92 Å². The van der Waals surface area contributed by atoms with Crippen LogP contribution in [0.1, 0.15) is 18.5 Å². The fourth-order valence-electron chi connectivity index (χ4n) is 1.60. The highest BCUT2D eigenvalue weighted by molar-refractivity contribution is 14.1. The highest BCUT2D eigenvalue weighted by Gasteiger charge is 2.12. The fraction of sp³-hybridized carbons (Fsp3) is 0.167. The molecular formula is C12H11IN2O2S. The van der Waals surface area contributed by atoms with Gasteiger partial charge < -0.3 is 5.32 Å². The number of nitrogens with one attached hydrogen (secondary N) is 1. The maximum Gasteiger partial charge on any atom is 0.282 e. The number of thiophene rings is 1. The third-order valence-electron chi connectivity index (χ3n) is 2.57. The van der Waals surface area contributed by atoms with Crippen molar-refractivity contribution >= 4 is 45.3 Å². The molecule has 6 heteroatoms. The molecule has 0 aliphatic heterocycles. The van der Waals surface area contributed by atoms with Crippen molar-refractivity contribution in [1.82, 2.24) is 0 Å². The van der Waals surface area contributed by atoms with Crippen LogP contribution in [0.3, 0.4) is 0 Å². The smallest absolute Gasteiger partial charge is 0.282 e. The van der Waals surface area contributed by atoms with Crippen molar-refractivity contribution in [1.29, 1.82) is 0 Å². The fourth-order valence-corrected chi connectivity index (χ4v) is 3.07. The predicted octanol–water partition coefficient (Wildman–Crippen LogP) is 4.43. The van der Waals surface area contributed by atoms with E-state index >= 15 is 0 Å². The van der Waals surface area contributed by atoms with Crippen molar-refractivity contribution in [2.45, 2.75) is 13.0 Å². The van der Waals surface area contributed by atoms with Crippen LogP contribution in [0.25, 0.3) is 0 Å². The number of rotatable bonds is 4. The molecule has 1 aromatic carbocycles. The molecule has 4 nitrogen and oxygen atoms in total. The Balaban J connectivity index is 2.15. The first-order valence-corrected chi connectivity index (χ1v) is 7.32. The van der Waals surface area contributed by atoms with Gasteiger partial charge in [0.1, 0.15) is 0 Å². The van der Waals surface area contributed by atoms with Gasteiger partial charge in [-0.15, -0.1) is 0 Å². The Morgan fingerprint density at radius 1 is 1.44 bits per heavy atom. The first kappa shape index (κ1) is 13.3. The van der Waals surface area contributed by atoms with E-state index in [-0.39, 0.29) is 16.7 Å². The SMILES string of the molecule is CC(Nc1ccc([N+](=O)[O-])c(I)c1)c1ccsc1. The molecule has 1 heterocycles. The molecule has 1 atom stereocenters. The minimum absolute atomic E-state index is 0.143. The van der Waals surface area contributed by atoms with Crippen LogP contribution >= 0.6 is 33.9 Å². The Bertz CT molecular complexity index is 557. The second-order valence-corrected chi connectivity index (χ2v) is 5.79. The average molecular weight is 374 g/mol. The van der Waals surface area contributed by atoms with Crippen LogP contribution in [0, 0.1) is 13.7 Å². The first-order chi connectivity index (χ1) is 8.58. The molecule has 0 amide bonds. The molecule has 0 bridgehead atoms. The lowest BCUT2D eigenvalue weighted by Gasteiger charge is -2.14. The summed E-state index contributed by atoms with van der Waals surface area (Å²) in [6, 6.07) is 7.32. The molecule has 0 saturated carbocycles. The maximum absolute atomic E-state index is 10.7. The molecule has 0 aliphatic rings. The standard InChI is InChI=1S/C12H11IN2O2S/c1-8(9-4-5-18-7-9)14-10-2-3-12(15(16)17)11(13)6-10/h2-8,14H,1H3. The summed E-state index contributed by atoms with van der Waals surface area (Å²) in [5.74, 6) is 0. The van der Waals surface area contributed by atoms with Crippen molar-refractivity contribution in [3.63, 3.8) is 0 Å². The van der Waals surface area contributed by atoms with Gasteiger partial charge in [-0.2, -0.15) is 11.3 Å².